The summed E-state index contributed by atoms with van der Waals surface area (Å²) < 4.78 is 14.4. The lowest BCUT2D eigenvalue weighted by atomic mass is 10.1. The van der Waals surface area contributed by atoms with Crippen LogP contribution in [0.15, 0.2) is 47.3 Å². The predicted octanol–water partition coefficient (Wildman–Crippen LogP) is 3.50. The fourth-order valence-electron chi connectivity index (χ4n) is 2.05. The molecule has 106 valence electrons. The number of rotatable bonds is 4. The monoisotopic (exact) mass is 302 g/mol. The van der Waals surface area contributed by atoms with E-state index >= 15 is 0 Å². The molecule has 3 aromatic rings. The largest absolute Gasteiger partial charge is 0.478 e. The summed E-state index contributed by atoms with van der Waals surface area (Å²) in [6.45, 7) is 0.394. The summed E-state index contributed by atoms with van der Waals surface area (Å²) in [6, 6.07) is 7.89. The second-order valence-electron chi connectivity index (χ2n) is 4.53. The van der Waals surface area contributed by atoms with Crippen molar-refractivity contribution in [3.05, 3.63) is 64.2 Å². The molecule has 1 aromatic carbocycles. The van der Waals surface area contributed by atoms with Gasteiger partial charge in [0, 0.05) is 17.1 Å². The first-order valence-corrected chi connectivity index (χ1v) is 7.15. The van der Waals surface area contributed by atoms with Gasteiger partial charge in [0.2, 0.25) is 0 Å². The molecule has 0 saturated carbocycles. The van der Waals surface area contributed by atoms with Crippen LogP contribution in [0.1, 0.15) is 15.9 Å². The summed E-state index contributed by atoms with van der Waals surface area (Å²) >= 11 is 1.49. The number of benzene rings is 1. The Balaban J connectivity index is 1.95. The van der Waals surface area contributed by atoms with Crippen LogP contribution in [0.5, 0.6) is 0 Å². The van der Waals surface area contributed by atoms with E-state index in [-0.39, 0.29) is 11.4 Å². The van der Waals surface area contributed by atoms with Crippen molar-refractivity contribution in [2.75, 3.05) is 0 Å². The molecule has 3 rings (SSSR count). The van der Waals surface area contributed by atoms with Gasteiger partial charge in [-0.15, -0.1) is 0 Å². The maximum absolute atomic E-state index is 12.9. The fourth-order valence-corrected chi connectivity index (χ4v) is 2.69. The van der Waals surface area contributed by atoms with Gasteiger partial charge in [-0.3, -0.25) is 4.68 Å². The maximum atomic E-state index is 12.9. The van der Waals surface area contributed by atoms with E-state index < -0.39 is 5.97 Å². The number of aromatic nitrogens is 2. The van der Waals surface area contributed by atoms with Gasteiger partial charge >= 0.3 is 5.97 Å². The Morgan fingerprint density at radius 3 is 2.67 bits per heavy atom. The number of thiophene rings is 1. The molecule has 6 heteroatoms. The lowest BCUT2D eigenvalue weighted by Gasteiger charge is -2.01. The van der Waals surface area contributed by atoms with E-state index in [2.05, 4.69) is 5.10 Å². The minimum Gasteiger partial charge on any atom is -0.478 e. The van der Waals surface area contributed by atoms with Crippen molar-refractivity contribution in [1.82, 2.24) is 9.78 Å². The van der Waals surface area contributed by atoms with E-state index in [0.29, 0.717) is 12.2 Å². The first-order chi connectivity index (χ1) is 10.1. The summed E-state index contributed by atoms with van der Waals surface area (Å²) in [5, 5.41) is 17.4. The van der Waals surface area contributed by atoms with Gasteiger partial charge in [-0.05, 0) is 29.1 Å². The highest BCUT2D eigenvalue weighted by Crippen LogP contribution is 2.24. The van der Waals surface area contributed by atoms with Gasteiger partial charge in [-0.25, -0.2) is 9.18 Å². The van der Waals surface area contributed by atoms with Crippen molar-refractivity contribution < 1.29 is 14.3 Å². The van der Waals surface area contributed by atoms with Crippen LogP contribution in [0.25, 0.3) is 11.3 Å². The number of halogens is 1. The number of carbonyl (C=O) groups is 1. The maximum Gasteiger partial charge on any atom is 0.339 e. The molecule has 0 saturated heterocycles. The molecule has 0 atom stereocenters. The van der Waals surface area contributed by atoms with Crippen LogP contribution in [0.3, 0.4) is 0 Å². The molecule has 0 fully saturated rings. The number of aromatic carboxylic acids is 1. The minimum atomic E-state index is -1.01. The van der Waals surface area contributed by atoms with Gasteiger partial charge in [0.25, 0.3) is 0 Å². The van der Waals surface area contributed by atoms with Gasteiger partial charge in [-0.2, -0.15) is 16.4 Å². The van der Waals surface area contributed by atoms with Crippen molar-refractivity contribution in [3.63, 3.8) is 0 Å². The van der Waals surface area contributed by atoms with Crippen LogP contribution in [0.2, 0.25) is 0 Å². The van der Waals surface area contributed by atoms with Gasteiger partial charge in [0.15, 0.2) is 0 Å². The van der Waals surface area contributed by atoms with Crippen molar-refractivity contribution in [2.45, 2.75) is 6.54 Å². The molecule has 1 N–H and O–H groups in total. The van der Waals surface area contributed by atoms with Crippen LogP contribution in [0.4, 0.5) is 4.39 Å². The van der Waals surface area contributed by atoms with E-state index in [1.165, 1.54) is 29.7 Å². The van der Waals surface area contributed by atoms with E-state index in [4.69, 9.17) is 0 Å². The zero-order chi connectivity index (χ0) is 14.8. The topological polar surface area (TPSA) is 55.1 Å². The number of carboxylic acid groups (broad SMARTS) is 1. The lowest BCUT2D eigenvalue weighted by Crippen LogP contribution is -2.00. The Kier molecular flexibility index (Phi) is 3.53. The van der Waals surface area contributed by atoms with E-state index in [1.54, 1.807) is 16.8 Å². The third-order valence-corrected chi connectivity index (χ3v) is 3.73. The van der Waals surface area contributed by atoms with Crippen LogP contribution in [-0.4, -0.2) is 20.9 Å². The quantitative estimate of drug-likeness (QED) is 0.802. The van der Waals surface area contributed by atoms with Crippen molar-refractivity contribution >= 4 is 17.3 Å². The Bertz CT molecular complexity index is 764. The Morgan fingerprint density at radius 1 is 1.29 bits per heavy atom. The molecule has 0 aliphatic carbocycles. The van der Waals surface area contributed by atoms with Crippen LogP contribution in [-0.2, 0) is 6.54 Å². The van der Waals surface area contributed by atoms with Gasteiger partial charge in [0.1, 0.15) is 17.1 Å². The van der Waals surface area contributed by atoms with Crippen LogP contribution < -0.4 is 0 Å². The molecule has 0 bridgehead atoms. The number of hydrogen-bond acceptors (Lipinski definition) is 3. The summed E-state index contributed by atoms with van der Waals surface area (Å²) in [5.74, 6) is -1.31. The Morgan fingerprint density at radius 2 is 2.05 bits per heavy atom. The average molecular weight is 302 g/mol. The first-order valence-electron chi connectivity index (χ1n) is 6.21. The molecule has 0 amide bonds. The molecule has 0 radical (unpaired) electrons. The molecule has 0 spiro atoms. The molecule has 0 unspecified atom stereocenters. The normalized spacial score (nSPS) is 10.7. The number of carboxylic acids is 1. The third-order valence-electron chi connectivity index (χ3n) is 3.04. The second kappa shape index (κ2) is 5.49. The predicted molar refractivity (Wildman–Crippen MR) is 78.0 cm³/mol. The summed E-state index contributed by atoms with van der Waals surface area (Å²) in [5.41, 5.74) is 2.25. The minimum absolute atomic E-state index is 0.163. The highest BCUT2D eigenvalue weighted by Gasteiger charge is 2.17. The molecule has 2 aromatic heterocycles. The summed E-state index contributed by atoms with van der Waals surface area (Å²) in [6.07, 6.45) is 1.50. The summed E-state index contributed by atoms with van der Waals surface area (Å²) in [7, 11) is 0. The van der Waals surface area contributed by atoms with E-state index in [9.17, 15) is 14.3 Å². The molecule has 0 aliphatic rings. The van der Waals surface area contributed by atoms with Crippen LogP contribution in [0, 0.1) is 5.82 Å². The van der Waals surface area contributed by atoms with Gasteiger partial charge < -0.3 is 5.11 Å². The highest BCUT2D eigenvalue weighted by molar-refractivity contribution is 7.08. The van der Waals surface area contributed by atoms with Gasteiger partial charge in [-0.1, -0.05) is 12.1 Å². The van der Waals surface area contributed by atoms with E-state index in [0.717, 1.165) is 11.1 Å². The van der Waals surface area contributed by atoms with Crippen LogP contribution >= 0.6 is 11.3 Å². The SMILES string of the molecule is O=C(O)c1cn(Cc2ccc(F)cc2)nc1-c1ccsc1. The van der Waals surface area contributed by atoms with Gasteiger partial charge in [0.05, 0.1) is 6.54 Å². The van der Waals surface area contributed by atoms with Crippen molar-refractivity contribution in [3.8, 4) is 11.3 Å². The molecule has 2 heterocycles. The molecule has 21 heavy (non-hydrogen) atoms. The lowest BCUT2D eigenvalue weighted by molar-refractivity contribution is 0.0697. The number of nitrogens with zero attached hydrogens (tertiary/aromatic N) is 2. The zero-order valence-electron chi connectivity index (χ0n) is 10.9. The third kappa shape index (κ3) is 2.85. The summed E-state index contributed by atoms with van der Waals surface area (Å²) in [4.78, 5) is 11.3. The zero-order valence-corrected chi connectivity index (χ0v) is 11.7. The molecule has 4 nitrogen and oxygen atoms in total. The first kappa shape index (κ1) is 13.5. The fraction of sp³-hybridized carbons (Fsp3) is 0.0667. The molecular formula is C15H11FN2O2S. The Hall–Kier alpha value is -2.47. The smallest absolute Gasteiger partial charge is 0.339 e. The average Bonchev–Trinajstić information content (AvgIpc) is 3.10. The standard InChI is InChI=1S/C15H11FN2O2S/c16-12-3-1-10(2-4-12)7-18-8-13(15(19)20)14(17-18)11-5-6-21-9-11/h1-6,8-9H,7H2,(H,19,20). The second-order valence-corrected chi connectivity index (χ2v) is 5.31. The molecular weight excluding hydrogens is 291 g/mol. The number of hydrogen-bond donors (Lipinski definition) is 1. The molecule has 0 aliphatic heterocycles. The van der Waals surface area contributed by atoms with E-state index in [1.807, 2.05) is 16.8 Å². The highest BCUT2D eigenvalue weighted by atomic mass is 32.1. The van der Waals surface area contributed by atoms with Crippen molar-refractivity contribution in [1.29, 1.82) is 0 Å². The Labute approximate surface area is 124 Å². The van der Waals surface area contributed by atoms with Crippen molar-refractivity contribution in [2.24, 2.45) is 0 Å².